The highest BCUT2D eigenvalue weighted by molar-refractivity contribution is 6.27. The lowest BCUT2D eigenvalue weighted by Gasteiger charge is -2.20. The van der Waals surface area contributed by atoms with Gasteiger partial charge in [-0.15, -0.1) is 0 Å². The van der Waals surface area contributed by atoms with Gasteiger partial charge in [-0.3, -0.25) is 4.79 Å². The van der Waals surface area contributed by atoms with E-state index < -0.39 is 11.9 Å². The summed E-state index contributed by atoms with van der Waals surface area (Å²) in [5.74, 6) is -2.90. The van der Waals surface area contributed by atoms with Crippen LogP contribution in [0.4, 0.5) is 5.69 Å². The molecule has 1 heterocycles. The molecule has 0 aliphatic rings. The fourth-order valence-electron chi connectivity index (χ4n) is 2.63. The third-order valence-electron chi connectivity index (χ3n) is 4.01. The SMILES string of the molecule is CCCCCCC(Cn1ccnc1)Oc1ccc(NC(C)=O)cc1.O=C(O)C(=O)O. The average Bonchev–Trinajstić information content (AvgIpc) is 3.19. The predicted octanol–water partition coefficient (Wildman–Crippen LogP) is 3.42. The monoisotopic (exact) mass is 419 g/mol. The van der Waals surface area contributed by atoms with E-state index >= 15 is 0 Å². The van der Waals surface area contributed by atoms with Gasteiger partial charge < -0.3 is 24.8 Å². The molecule has 9 nitrogen and oxygen atoms in total. The lowest BCUT2D eigenvalue weighted by molar-refractivity contribution is -0.159. The zero-order valence-electron chi connectivity index (χ0n) is 17.3. The summed E-state index contributed by atoms with van der Waals surface area (Å²) in [7, 11) is 0. The number of aliphatic carboxylic acids is 2. The van der Waals surface area contributed by atoms with E-state index in [1.54, 1.807) is 6.20 Å². The van der Waals surface area contributed by atoms with E-state index in [0.717, 1.165) is 30.8 Å². The average molecular weight is 419 g/mol. The fourth-order valence-corrected chi connectivity index (χ4v) is 2.63. The van der Waals surface area contributed by atoms with Crippen LogP contribution >= 0.6 is 0 Å². The van der Waals surface area contributed by atoms with Crippen LogP contribution in [0.1, 0.15) is 46.0 Å². The molecule has 1 amide bonds. The molecule has 9 heteroatoms. The standard InChI is InChI=1S/C19H27N3O2.C2H2O4/c1-3-4-5-6-7-19(14-22-13-12-20-15-22)24-18-10-8-17(9-11-18)21-16(2)23;3-1(4)2(5)6/h8-13,15,19H,3-7,14H2,1-2H3,(H,21,23);(H,3,4)(H,5,6). The van der Waals surface area contributed by atoms with E-state index in [9.17, 15) is 4.79 Å². The van der Waals surface area contributed by atoms with Crippen LogP contribution in [0.15, 0.2) is 43.0 Å². The number of aromatic nitrogens is 2. The Morgan fingerprint density at radius 1 is 1.10 bits per heavy atom. The molecule has 1 aromatic carbocycles. The fraction of sp³-hybridized carbons (Fsp3) is 0.429. The second-order valence-electron chi connectivity index (χ2n) is 6.66. The first-order chi connectivity index (χ1) is 14.3. The summed E-state index contributed by atoms with van der Waals surface area (Å²) in [6.07, 6.45) is 11.6. The van der Waals surface area contributed by atoms with Crippen molar-refractivity contribution >= 4 is 23.5 Å². The number of carbonyl (C=O) groups excluding carboxylic acids is 1. The molecule has 0 spiro atoms. The van der Waals surface area contributed by atoms with Gasteiger partial charge in [-0.05, 0) is 37.1 Å². The van der Waals surface area contributed by atoms with Crippen LogP contribution in [-0.4, -0.2) is 43.7 Å². The van der Waals surface area contributed by atoms with Crippen molar-refractivity contribution in [1.29, 1.82) is 0 Å². The Bertz CT molecular complexity index is 763. The maximum atomic E-state index is 11.1. The molecule has 0 saturated heterocycles. The lowest BCUT2D eigenvalue weighted by Crippen LogP contribution is -2.22. The highest BCUT2D eigenvalue weighted by Crippen LogP contribution is 2.20. The van der Waals surface area contributed by atoms with Gasteiger partial charge in [0.1, 0.15) is 11.9 Å². The molecule has 0 aliphatic carbocycles. The second-order valence-corrected chi connectivity index (χ2v) is 6.66. The van der Waals surface area contributed by atoms with Gasteiger partial charge >= 0.3 is 11.9 Å². The highest BCUT2D eigenvalue weighted by Gasteiger charge is 2.12. The number of imidazole rings is 1. The van der Waals surface area contributed by atoms with E-state index in [-0.39, 0.29) is 12.0 Å². The molecular weight excluding hydrogens is 390 g/mol. The molecule has 1 aromatic heterocycles. The number of hydrogen-bond donors (Lipinski definition) is 3. The molecule has 2 aromatic rings. The zero-order valence-corrected chi connectivity index (χ0v) is 17.3. The molecule has 0 fully saturated rings. The number of carbonyl (C=O) groups is 3. The van der Waals surface area contributed by atoms with Crippen LogP contribution in [0, 0.1) is 0 Å². The minimum absolute atomic E-state index is 0.0717. The van der Waals surface area contributed by atoms with Crippen molar-refractivity contribution in [2.45, 2.75) is 58.6 Å². The first-order valence-corrected chi connectivity index (χ1v) is 9.78. The molecule has 0 radical (unpaired) electrons. The van der Waals surface area contributed by atoms with Crippen molar-refractivity contribution in [3.63, 3.8) is 0 Å². The van der Waals surface area contributed by atoms with E-state index in [0.29, 0.717) is 0 Å². The van der Waals surface area contributed by atoms with Crippen molar-refractivity contribution in [1.82, 2.24) is 9.55 Å². The number of amides is 1. The topological polar surface area (TPSA) is 131 Å². The zero-order chi connectivity index (χ0) is 22.4. The predicted molar refractivity (Wildman–Crippen MR) is 111 cm³/mol. The van der Waals surface area contributed by atoms with E-state index in [1.807, 2.05) is 36.8 Å². The first kappa shape index (κ1) is 24.7. The van der Waals surface area contributed by atoms with Crippen molar-refractivity contribution in [2.75, 3.05) is 5.32 Å². The van der Waals surface area contributed by atoms with Gasteiger partial charge in [0.15, 0.2) is 0 Å². The Hall–Kier alpha value is -3.36. The summed E-state index contributed by atoms with van der Waals surface area (Å²) < 4.78 is 8.22. The second kappa shape index (κ2) is 13.8. The minimum Gasteiger partial charge on any atom is -0.489 e. The molecule has 2 rings (SSSR count). The maximum Gasteiger partial charge on any atom is 0.414 e. The third-order valence-corrected chi connectivity index (χ3v) is 4.01. The van der Waals surface area contributed by atoms with Gasteiger partial charge in [-0.25, -0.2) is 14.6 Å². The van der Waals surface area contributed by atoms with Crippen molar-refractivity contribution < 1.29 is 29.3 Å². The number of nitrogens with one attached hydrogen (secondary N) is 1. The number of carboxylic acids is 2. The summed E-state index contributed by atoms with van der Waals surface area (Å²) in [6.45, 7) is 4.51. The van der Waals surface area contributed by atoms with Crippen LogP contribution < -0.4 is 10.1 Å². The molecule has 1 atom stereocenters. The van der Waals surface area contributed by atoms with Crippen LogP contribution in [-0.2, 0) is 20.9 Å². The number of anilines is 1. The van der Waals surface area contributed by atoms with Crippen molar-refractivity contribution in [3.8, 4) is 5.75 Å². The van der Waals surface area contributed by atoms with E-state index in [2.05, 4.69) is 21.8 Å². The summed E-state index contributed by atoms with van der Waals surface area (Å²) >= 11 is 0. The molecule has 1 unspecified atom stereocenters. The Morgan fingerprint density at radius 3 is 2.27 bits per heavy atom. The largest absolute Gasteiger partial charge is 0.489 e. The van der Waals surface area contributed by atoms with Crippen molar-refractivity contribution in [3.05, 3.63) is 43.0 Å². The van der Waals surface area contributed by atoms with Crippen LogP contribution in [0.25, 0.3) is 0 Å². The number of unbranched alkanes of at least 4 members (excludes halogenated alkanes) is 3. The van der Waals surface area contributed by atoms with Gasteiger partial charge in [0.25, 0.3) is 0 Å². The first-order valence-electron chi connectivity index (χ1n) is 9.78. The van der Waals surface area contributed by atoms with Crippen molar-refractivity contribution in [2.24, 2.45) is 0 Å². The molecule has 0 aliphatic heterocycles. The molecule has 3 N–H and O–H groups in total. The molecule has 0 saturated carbocycles. The van der Waals surface area contributed by atoms with E-state index in [4.69, 9.17) is 24.5 Å². The molecular formula is C21H29N3O6. The Balaban J connectivity index is 0.000000656. The van der Waals surface area contributed by atoms with Gasteiger partial charge in [-0.1, -0.05) is 26.2 Å². The Kier molecular flexibility index (Phi) is 11.3. The number of nitrogens with zero attached hydrogens (tertiary/aromatic N) is 2. The molecule has 30 heavy (non-hydrogen) atoms. The highest BCUT2D eigenvalue weighted by atomic mass is 16.5. The van der Waals surface area contributed by atoms with Gasteiger partial charge in [0.05, 0.1) is 12.9 Å². The van der Waals surface area contributed by atoms with Crippen LogP contribution in [0.3, 0.4) is 0 Å². The van der Waals surface area contributed by atoms with Crippen LogP contribution in [0.5, 0.6) is 5.75 Å². The Labute approximate surface area is 175 Å². The third kappa shape index (κ3) is 10.8. The molecule has 164 valence electrons. The number of ether oxygens (including phenoxy) is 1. The number of rotatable bonds is 10. The van der Waals surface area contributed by atoms with Gasteiger partial charge in [-0.2, -0.15) is 0 Å². The summed E-state index contributed by atoms with van der Waals surface area (Å²) in [5, 5.41) is 17.5. The Morgan fingerprint density at radius 2 is 1.77 bits per heavy atom. The number of hydrogen-bond acceptors (Lipinski definition) is 5. The number of benzene rings is 1. The van der Waals surface area contributed by atoms with Gasteiger partial charge in [0.2, 0.25) is 5.91 Å². The van der Waals surface area contributed by atoms with E-state index in [1.165, 1.54) is 26.2 Å². The lowest BCUT2D eigenvalue weighted by atomic mass is 10.1. The van der Waals surface area contributed by atoms with Gasteiger partial charge in [0, 0.05) is 25.0 Å². The smallest absolute Gasteiger partial charge is 0.414 e. The maximum absolute atomic E-state index is 11.1. The summed E-state index contributed by atoms with van der Waals surface area (Å²) in [4.78, 5) is 33.4. The number of carboxylic acid groups (broad SMARTS) is 2. The quantitative estimate of drug-likeness (QED) is 0.397. The summed E-state index contributed by atoms with van der Waals surface area (Å²) in [6, 6.07) is 7.53. The summed E-state index contributed by atoms with van der Waals surface area (Å²) in [5.41, 5.74) is 0.781. The minimum atomic E-state index is -1.82. The normalized spacial score (nSPS) is 11.0. The molecule has 0 bridgehead atoms. The van der Waals surface area contributed by atoms with Crippen LogP contribution in [0.2, 0.25) is 0 Å².